The standard InChI is InChI=1S/C8H7N.C8H9N.C8H7N.C8H6O.4C7H6N2.C5H5N.C4H5N.C3H3NO.11C2H6/c1-2-6-9-7-3-5-8(9)4-1;3*1-2-4-8-7(3-1)5-6-9-8;1-2-6-7(8-4-1)3-5-9-6;1-2-6-3-5-9-7(6)8-4-1;1-2-6-9-7(3-1)4-5-8-9;1-2-4-7-6(3-1)8-5-9-7;1-2-4-6-5-3-1;1-2-4-5-3-1;1-2-5-3-4-1;11*1-2/h1-7H;1-4,9H,5-6H2;1-6,9H;1-6H;1-5,9H;1-5H,(H,8,9);1-6H;1-5H,(H,8,9);1-5H;1-5H;1-3H;11*1-2H3. The number of benzene rings is 4. The summed E-state index contributed by atoms with van der Waals surface area (Å²) in [5.74, 6) is 0. The first-order chi connectivity index (χ1) is 54.7. The van der Waals surface area contributed by atoms with E-state index in [0.29, 0.717) is 0 Å². The molecule has 16 heteroatoms. The number of furan rings is 1. The number of imidazole rings is 1. The number of aromatic nitrogens is 13. The molecule has 110 heavy (non-hydrogen) atoms. The van der Waals surface area contributed by atoms with E-state index >= 15 is 0 Å². The first-order valence-corrected chi connectivity index (χ1v) is 39.3. The second-order valence-corrected chi connectivity index (χ2v) is 18.6. The molecule has 0 amide bonds. The number of aromatic amines is 5. The first-order valence-electron chi connectivity index (χ1n) is 39.3. The second-order valence-electron chi connectivity index (χ2n) is 18.6. The Morgan fingerprint density at radius 3 is 1.45 bits per heavy atom. The summed E-state index contributed by atoms with van der Waals surface area (Å²) in [6.07, 6.45) is 33.4. The number of anilines is 1. The largest absolute Gasteiger partial charge is 0.464 e. The van der Waals surface area contributed by atoms with Crippen molar-refractivity contribution >= 4 is 71.7 Å². The lowest BCUT2D eigenvalue weighted by Gasteiger charge is -1.94. The molecule has 0 saturated heterocycles. The lowest BCUT2D eigenvalue weighted by Crippen LogP contribution is -1.90. The number of pyridine rings is 5. The molecule has 0 saturated carbocycles. The zero-order chi connectivity index (χ0) is 82.1. The Labute approximate surface area is 659 Å². The van der Waals surface area contributed by atoms with E-state index in [0.717, 1.165) is 56.1 Å². The van der Waals surface area contributed by atoms with E-state index in [1.165, 1.54) is 46.7 Å². The zero-order valence-corrected chi connectivity index (χ0v) is 70.1. The van der Waals surface area contributed by atoms with Crippen LogP contribution in [0.3, 0.4) is 0 Å². The molecule has 0 unspecified atom stereocenters. The maximum absolute atomic E-state index is 5.12. The van der Waals surface area contributed by atoms with E-state index < -0.39 is 0 Å². The number of oxazole rings is 1. The summed E-state index contributed by atoms with van der Waals surface area (Å²) in [7, 11) is 0. The molecule has 590 valence electrons. The molecule has 0 atom stereocenters. The predicted molar refractivity (Wildman–Crippen MR) is 480 cm³/mol. The molecule has 14 aromatic heterocycles. The van der Waals surface area contributed by atoms with Crippen molar-refractivity contribution in [2.45, 2.75) is 159 Å². The summed E-state index contributed by atoms with van der Waals surface area (Å²) < 4.78 is 13.5. The number of hydrogen-bond acceptors (Lipinski definition) is 9. The van der Waals surface area contributed by atoms with Gasteiger partial charge < -0.3 is 43.5 Å². The van der Waals surface area contributed by atoms with Crippen LogP contribution < -0.4 is 5.32 Å². The Hall–Kier alpha value is -12.3. The number of H-pyrrole nitrogens is 5. The van der Waals surface area contributed by atoms with Crippen molar-refractivity contribution in [2.75, 3.05) is 11.9 Å². The molecule has 0 bridgehead atoms. The minimum Gasteiger partial charge on any atom is -0.464 e. The second kappa shape index (κ2) is 76.4. The van der Waals surface area contributed by atoms with Crippen molar-refractivity contribution in [3.05, 3.63) is 348 Å². The third-order valence-electron chi connectivity index (χ3n) is 12.7. The van der Waals surface area contributed by atoms with Gasteiger partial charge in [-0.2, -0.15) is 5.10 Å². The SMILES string of the molecule is CC.CC.CC.CC.CC.CC.CC.CC.CC.CC.CC.c1cc[nH]c1.c1ccc2[nH]ccc2c1.c1ccc2[nH]cnc2c1.c1ccc2c(c1)CCN2.c1ccc2occc2c1.c1ccn2cccc2c1.c1ccn2nccc2c1.c1ccncc1.c1cnc2[nH]ccc2c1.c1cnc2cc[nH]c2c1.c1cocn1. The maximum atomic E-state index is 5.12. The van der Waals surface area contributed by atoms with Gasteiger partial charge >= 0.3 is 0 Å². The fourth-order valence-corrected chi connectivity index (χ4v) is 8.40. The van der Waals surface area contributed by atoms with Crippen LogP contribution in [0.15, 0.2) is 351 Å². The fourth-order valence-electron chi connectivity index (χ4n) is 8.40. The van der Waals surface area contributed by atoms with Crippen LogP contribution in [0.4, 0.5) is 5.69 Å². The molecule has 0 radical (unpaired) electrons. The number of para-hydroxylation sites is 5. The average Bonchev–Trinajstić information content (AvgIpc) is 1.82. The van der Waals surface area contributed by atoms with E-state index in [1.807, 2.05) is 382 Å². The number of nitrogens with zero attached hydrogens (tertiary/aromatic N) is 8. The molecule has 16 nitrogen and oxygen atoms in total. The molecule has 0 aliphatic carbocycles. The summed E-state index contributed by atoms with van der Waals surface area (Å²) in [4.78, 5) is 34.7. The normalized spacial score (nSPS) is 8.82. The molecule has 0 spiro atoms. The van der Waals surface area contributed by atoms with E-state index in [1.54, 1.807) is 49.8 Å². The topological polar surface area (TPSA) is 203 Å². The van der Waals surface area contributed by atoms with Crippen LogP contribution in [-0.2, 0) is 6.42 Å². The van der Waals surface area contributed by atoms with Crippen molar-refractivity contribution < 1.29 is 8.83 Å². The van der Waals surface area contributed by atoms with Gasteiger partial charge in [0, 0.05) is 115 Å². The maximum Gasteiger partial charge on any atom is 0.180 e. The minimum atomic E-state index is 0.956. The Balaban J connectivity index is -0.00000112. The molecule has 0 fully saturated rings. The van der Waals surface area contributed by atoms with E-state index in [2.05, 4.69) is 124 Å². The molecule has 15 heterocycles. The number of fused-ring (bicyclic) bond motifs is 8. The van der Waals surface area contributed by atoms with Crippen molar-refractivity contribution in [2.24, 2.45) is 0 Å². The summed E-state index contributed by atoms with van der Waals surface area (Å²) in [6.45, 7) is 45.1. The van der Waals surface area contributed by atoms with Crippen LogP contribution in [-0.4, -0.2) is 70.4 Å². The first kappa shape index (κ1) is 102. The Morgan fingerprint density at radius 1 is 0.336 bits per heavy atom. The minimum absolute atomic E-state index is 0.956. The van der Waals surface area contributed by atoms with E-state index in [4.69, 9.17) is 4.42 Å². The van der Waals surface area contributed by atoms with Crippen LogP contribution in [0.1, 0.15) is 158 Å². The third kappa shape index (κ3) is 44.0. The Morgan fingerprint density at radius 2 is 0.873 bits per heavy atom. The van der Waals surface area contributed by atoms with Gasteiger partial charge in [0.1, 0.15) is 17.5 Å². The van der Waals surface area contributed by atoms with Crippen molar-refractivity contribution in [3.63, 3.8) is 0 Å². The predicted octanol–water partition coefficient (Wildman–Crippen LogP) is 28.3. The average molecular weight is 1490 g/mol. The fraction of sp³-hybridized carbons (Fsp3) is 0.255. The smallest absolute Gasteiger partial charge is 0.180 e. The monoisotopic (exact) mass is 1490 g/mol. The number of rotatable bonds is 0. The van der Waals surface area contributed by atoms with Gasteiger partial charge in [0.2, 0.25) is 0 Å². The quantitative estimate of drug-likeness (QED) is 0.0854. The van der Waals surface area contributed by atoms with Gasteiger partial charge in [-0.25, -0.2) is 19.5 Å². The zero-order valence-electron chi connectivity index (χ0n) is 70.1. The van der Waals surface area contributed by atoms with E-state index in [-0.39, 0.29) is 0 Å². The molecule has 18 aromatic rings. The highest BCUT2D eigenvalue weighted by Crippen LogP contribution is 2.20. The van der Waals surface area contributed by atoms with Gasteiger partial charge in [-0.1, -0.05) is 237 Å². The van der Waals surface area contributed by atoms with Crippen LogP contribution in [0.25, 0.3) is 66.0 Å². The van der Waals surface area contributed by atoms with Gasteiger partial charge in [-0.15, -0.1) is 0 Å². The van der Waals surface area contributed by atoms with Crippen molar-refractivity contribution in [1.82, 2.24) is 63.9 Å². The highest BCUT2D eigenvalue weighted by atomic mass is 16.3. The van der Waals surface area contributed by atoms with Crippen LogP contribution in [0.5, 0.6) is 0 Å². The van der Waals surface area contributed by atoms with Crippen LogP contribution in [0, 0.1) is 0 Å². The van der Waals surface area contributed by atoms with Gasteiger partial charge in [-0.05, 0) is 163 Å². The van der Waals surface area contributed by atoms with Gasteiger partial charge in [0.25, 0.3) is 0 Å². The van der Waals surface area contributed by atoms with Gasteiger partial charge in [0.05, 0.1) is 46.4 Å². The number of nitrogens with one attached hydrogen (secondary N) is 6. The van der Waals surface area contributed by atoms with Crippen LogP contribution in [0.2, 0.25) is 0 Å². The summed E-state index contributed by atoms with van der Waals surface area (Å²) in [6, 6.07) is 76.2. The van der Waals surface area contributed by atoms with Crippen molar-refractivity contribution in [3.8, 4) is 0 Å². The summed E-state index contributed by atoms with van der Waals surface area (Å²) >= 11 is 0. The van der Waals surface area contributed by atoms with Gasteiger partial charge in [-0.3, -0.25) is 9.97 Å². The Kier molecular flexibility index (Phi) is 70.7. The lowest BCUT2D eigenvalue weighted by atomic mass is 10.2. The third-order valence-corrected chi connectivity index (χ3v) is 12.7. The van der Waals surface area contributed by atoms with Gasteiger partial charge in [0.15, 0.2) is 6.39 Å². The van der Waals surface area contributed by atoms with Crippen molar-refractivity contribution in [1.29, 1.82) is 0 Å². The highest BCUT2D eigenvalue weighted by Gasteiger charge is 2.06. The molecule has 1 aliphatic heterocycles. The molecule has 19 rings (SSSR count). The number of hydrogen-bond donors (Lipinski definition) is 6. The van der Waals surface area contributed by atoms with E-state index in [9.17, 15) is 0 Å². The molecule has 1 aliphatic rings. The summed E-state index contributed by atoms with van der Waals surface area (Å²) in [5, 5.41) is 10.9. The lowest BCUT2D eigenvalue weighted by molar-refractivity contribution is 0.558. The molecule has 4 aromatic carbocycles. The highest BCUT2D eigenvalue weighted by molar-refractivity contribution is 5.79. The molecule has 6 N–H and O–H groups in total. The molecular formula is C94H132N14O2. The van der Waals surface area contributed by atoms with Crippen LogP contribution >= 0.6 is 0 Å². The molecular weight excluding hydrogens is 1360 g/mol. The Bertz CT molecular complexity index is 3710. The summed E-state index contributed by atoms with van der Waals surface area (Å²) in [5.41, 5.74) is 12.5.